The Labute approximate surface area is 211 Å². The Balaban J connectivity index is 1.49. The first-order valence-corrected chi connectivity index (χ1v) is 12.9. The van der Waals surface area contributed by atoms with E-state index in [1.54, 1.807) is 0 Å². The van der Waals surface area contributed by atoms with Crippen molar-refractivity contribution in [2.24, 2.45) is 0 Å². The minimum Gasteiger partial charge on any atom is -0.471 e. The summed E-state index contributed by atoms with van der Waals surface area (Å²) >= 11 is 3.76. The third kappa shape index (κ3) is 5.71. The van der Waals surface area contributed by atoms with E-state index >= 15 is 0 Å². The lowest BCUT2D eigenvalue weighted by atomic mass is 10.1. The topological polar surface area (TPSA) is 69.4 Å². The lowest BCUT2D eigenvalue weighted by molar-refractivity contribution is 0.0273. The molecule has 7 heteroatoms. The maximum Gasteiger partial charge on any atom is 0.221 e. The highest BCUT2D eigenvalue weighted by atomic mass is 79.9. The summed E-state index contributed by atoms with van der Waals surface area (Å²) in [4.78, 5) is 4.84. The minimum absolute atomic E-state index is 0.0118. The summed E-state index contributed by atoms with van der Waals surface area (Å²) in [6, 6.07) is 14.7. The molecule has 1 fully saturated rings. The Bertz CT molecular complexity index is 1130. The molecule has 182 valence electrons. The second-order valence-electron chi connectivity index (χ2n) is 9.50. The van der Waals surface area contributed by atoms with Gasteiger partial charge in [0.1, 0.15) is 13.2 Å². The van der Waals surface area contributed by atoms with E-state index in [0.717, 1.165) is 77.3 Å². The van der Waals surface area contributed by atoms with Gasteiger partial charge in [0.25, 0.3) is 0 Å². The molecule has 1 atom stereocenters. The maximum absolute atomic E-state index is 6.54. The highest BCUT2D eigenvalue weighted by molar-refractivity contribution is 9.10. The molecule has 3 N–H and O–H groups in total. The van der Waals surface area contributed by atoms with Gasteiger partial charge in [0, 0.05) is 34.7 Å². The number of nitrogen functional groups attached to an aromatic ring is 1. The fourth-order valence-corrected chi connectivity index (χ4v) is 5.03. The van der Waals surface area contributed by atoms with Crippen molar-refractivity contribution >= 4 is 38.1 Å². The molecule has 0 aliphatic carbocycles. The molecule has 1 saturated heterocycles. The summed E-state index contributed by atoms with van der Waals surface area (Å²) in [6.07, 6.45) is 3.25. The van der Waals surface area contributed by atoms with E-state index < -0.39 is 0 Å². The van der Waals surface area contributed by atoms with Crippen LogP contribution in [0.15, 0.2) is 46.9 Å². The van der Waals surface area contributed by atoms with Gasteiger partial charge in [-0.05, 0) is 42.0 Å². The van der Waals surface area contributed by atoms with Gasteiger partial charge < -0.3 is 20.5 Å². The van der Waals surface area contributed by atoms with Crippen LogP contribution < -0.4 is 20.3 Å². The molecule has 0 spiro atoms. The fraction of sp³-hybridized carbons (Fsp3) is 0.444. The smallest absolute Gasteiger partial charge is 0.221 e. The number of benzene rings is 2. The van der Waals surface area contributed by atoms with Crippen molar-refractivity contribution in [3.63, 3.8) is 0 Å². The monoisotopic (exact) mass is 527 g/mol. The Kier molecular flexibility index (Phi) is 8.09. The number of aromatic nitrogens is 1. The molecule has 6 nitrogen and oxygen atoms in total. The van der Waals surface area contributed by atoms with E-state index in [9.17, 15) is 0 Å². The Morgan fingerprint density at radius 3 is 2.82 bits per heavy atom. The summed E-state index contributed by atoms with van der Waals surface area (Å²) < 4.78 is 13.8. The molecule has 1 aromatic heterocycles. The number of pyridine rings is 1. The molecule has 34 heavy (non-hydrogen) atoms. The number of quaternary nitrogens is 1. The van der Waals surface area contributed by atoms with Gasteiger partial charge >= 0.3 is 0 Å². The predicted molar refractivity (Wildman–Crippen MR) is 144 cm³/mol. The molecule has 2 heterocycles. The third-order valence-corrected chi connectivity index (χ3v) is 7.19. The highest BCUT2D eigenvalue weighted by Crippen LogP contribution is 2.37. The minimum atomic E-state index is 0.0118. The van der Waals surface area contributed by atoms with Crippen LogP contribution in [0.4, 0.5) is 11.4 Å². The number of hydrogen-bond acceptors (Lipinski definition) is 5. The quantitative estimate of drug-likeness (QED) is 0.294. The Hall–Kier alpha value is -2.19. The van der Waals surface area contributed by atoms with Crippen LogP contribution in [-0.2, 0) is 11.2 Å². The van der Waals surface area contributed by atoms with Crippen molar-refractivity contribution in [3.8, 4) is 5.88 Å². The average Bonchev–Trinajstić information content (AvgIpc) is 2.84. The van der Waals surface area contributed by atoms with Crippen molar-refractivity contribution in [1.82, 2.24) is 14.8 Å². The van der Waals surface area contributed by atoms with Crippen LogP contribution in [0.25, 0.3) is 10.8 Å². The molecule has 0 radical (unpaired) electrons. The van der Waals surface area contributed by atoms with Crippen molar-refractivity contribution in [3.05, 3.63) is 58.2 Å². The lowest BCUT2D eigenvalue weighted by Gasteiger charge is -2.32. The summed E-state index contributed by atoms with van der Waals surface area (Å²) in [7, 11) is 4.31. The largest absolute Gasteiger partial charge is 0.471 e. The molecule has 2 aromatic carbocycles. The predicted octanol–water partition coefficient (Wildman–Crippen LogP) is 5.23. The number of nitrogens with one attached hydrogen (secondary N) is 1. The first-order chi connectivity index (χ1) is 16.4. The maximum atomic E-state index is 6.54. The van der Waals surface area contributed by atoms with E-state index in [4.69, 9.17) is 20.2 Å². The number of likely N-dealkylation sites (N-methyl/N-ethyl adjacent to an activating group) is 1. The number of anilines is 1. The number of unbranched alkanes of at least 4 members (excludes halogenated alkanes) is 1. The fourth-order valence-electron chi connectivity index (χ4n) is 4.44. The van der Waals surface area contributed by atoms with Crippen LogP contribution in [0.5, 0.6) is 5.88 Å². The van der Waals surface area contributed by atoms with Crippen LogP contribution in [0, 0.1) is 0 Å². The number of nitrogens with zero attached hydrogens (tertiary/aromatic N) is 2. The SMILES string of the molecule is CCCCc1cc2ccccc2c(OCC[N+](C)(C)c2cc(Br)c([C@H]3CNCCO3)cc2N)n1. The van der Waals surface area contributed by atoms with Gasteiger partial charge in [-0.25, -0.2) is 4.98 Å². The normalized spacial score (nSPS) is 16.6. The van der Waals surface area contributed by atoms with E-state index in [1.165, 1.54) is 5.39 Å². The highest BCUT2D eigenvalue weighted by Gasteiger charge is 2.27. The lowest BCUT2D eigenvalue weighted by Crippen LogP contribution is -2.44. The Morgan fingerprint density at radius 1 is 1.24 bits per heavy atom. The molecular weight excluding hydrogens is 492 g/mol. The number of nitrogens with two attached hydrogens (primary N) is 1. The zero-order valence-electron chi connectivity index (χ0n) is 20.4. The van der Waals surface area contributed by atoms with Gasteiger partial charge in [0.05, 0.1) is 32.5 Å². The van der Waals surface area contributed by atoms with Crippen LogP contribution in [0.2, 0.25) is 0 Å². The molecule has 1 aliphatic rings. The summed E-state index contributed by atoms with van der Waals surface area (Å²) in [5.74, 6) is 0.718. The van der Waals surface area contributed by atoms with E-state index in [1.807, 2.05) is 12.1 Å². The molecule has 0 saturated carbocycles. The number of aryl methyl sites for hydroxylation is 1. The third-order valence-electron chi connectivity index (χ3n) is 6.51. The molecule has 0 amide bonds. The van der Waals surface area contributed by atoms with Crippen molar-refractivity contribution in [2.45, 2.75) is 32.3 Å². The van der Waals surface area contributed by atoms with Crippen molar-refractivity contribution in [1.29, 1.82) is 0 Å². The molecule has 3 aromatic rings. The standard InChI is InChI=1S/C27H36BrN4O2/c1-4-5-9-20-15-19-8-6-7-10-21(19)27(31-20)34-14-12-32(2,3)25-17-23(28)22(16-24(25)29)26-18-30-11-13-33-26/h6-8,10,15-17,26,30H,4-5,9,11-14,18,29H2,1-3H3/q+1/t26-/m1/s1. The van der Waals surface area contributed by atoms with Crippen LogP contribution in [-0.4, -0.2) is 51.9 Å². The van der Waals surface area contributed by atoms with Crippen molar-refractivity contribution in [2.75, 3.05) is 52.7 Å². The van der Waals surface area contributed by atoms with Gasteiger partial charge in [-0.3, -0.25) is 4.48 Å². The van der Waals surface area contributed by atoms with Crippen molar-refractivity contribution < 1.29 is 9.47 Å². The number of morpholine rings is 1. The number of halogens is 1. The molecule has 1 aliphatic heterocycles. The first-order valence-electron chi connectivity index (χ1n) is 12.2. The van der Waals surface area contributed by atoms with Gasteiger partial charge in [0.2, 0.25) is 5.88 Å². The Morgan fingerprint density at radius 2 is 2.06 bits per heavy atom. The van der Waals surface area contributed by atoms with Gasteiger partial charge in [0.15, 0.2) is 5.69 Å². The van der Waals surface area contributed by atoms with E-state index in [2.05, 4.69) is 72.6 Å². The number of ether oxygens (including phenoxy) is 2. The summed E-state index contributed by atoms with van der Waals surface area (Å²) in [5, 5.41) is 5.62. The number of fused-ring (bicyclic) bond motifs is 1. The number of rotatable bonds is 9. The average molecular weight is 529 g/mol. The first kappa shape index (κ1) is 24.9. The van der Waals surface area contributed by atoms with Crippen LogP contribution >= 0.6 is 15.9 Å². The second kappa shape index (κ2) is 11.0. The molecule has 4 rings (SSSR count). The number of hydrogen-bond donors (Lipinski definition) is 2. The summed E-state index contributed by atoms with van der Waals surface area (Å²) in [5.41, 5.74) is 10.5. The van der Waals surface area contributed by atoms with E-state index in [-0.39, 0.29) is 6.10 Å². The molecule has 0 bridgehead atoms. The zero-order chi connectivity index (χ0) is 24.1. The second-order valence-corrected chi connectivity index (χ2v) is 10.4. The molecule has 0 unspecified atom stereocenters. The van der Waals surface area contributed by atoms with Crippen LogP contribution in [0.1, 0.15) is 37.1 Å². The van der Waals surface area contributed by atoms with E-state index in [0.29, 0.717) is 17.7 Å². The van der Waals surface area contributed by atoms with Crippen LogP contribution in [0.3, 0.4) is 0 Å². The zero-order valence-corrected chi connectivity index (χ0v) is 22.0. The summed E-state index contributed by atoms with van der Waals surface area (Å²) in [6.45, 7) is 5.88. The van der Waals surface area contributed by atoms with Gasteiger partial charge in [-0.15, -0.1) is 0 Å². The molecular formula is C27H36BrN4O2+. The van der Waals surface area contributed by atoms with Gasteiger partial charge in [-0.2, -0.15) is 0 Å². The van der Waals surface area contributed by atoms with Gasteiger partial charge in [-0.1, -0.05) is 47.5 Å².